The molecule has 1 unspecified atom stereocenters. The van der Waals surface area contributed by atoms with Crippen molar-refractivity contribution in [2.24, 2.45) is 5.92 Å². The fraction of sp³-hybridized carbons (Fsp3) is 0.333. The number of thioether (sulfide) groups is 2. The molecule has 3 nitrogen and oxygen atoms in total. The Morgan fingerprint density at radius 3 is 2.75 bits per heavy atom. The van der Waals surface area contributed by atoms with Crippen LogP contribution < -0.4 is 0 Å². The van der Waals surface area contributed by atoms with Gasteiger partial charge < -0.3 is 5.11 Å². The Bertz CT molecular complexity index is 580. The molecule has 1 aliphatic heterocycles. The average Bonchev–Trinajstić information content (AvgIpc) is 2.45. The summed E-state index contributed by atoms with van der Waals surface area (Å²) >= 11 is 3.36. The van der Waals surface area contributed by atoms with E-state index in [1.807, 2.05) is 30.3 Å². The van der Waals surface area contributed by atoms with Gasteiger partial charge in [-0.05, 0) is 17.7 Å². The van der Waals surface area contributed by atoms with Crippen molar-refractivity contribution in [3.05, 3.63) is 41.5 Å². The quantitative estimate of drug-likeness (QED) is 0.867. The zero-order valence-corrected chi connectivity index (χ0v) is 12.4. The van der Waals surface area contributed by atoms with Gasteiger partial charge in [0.2, 0.25) is 0 Å². The molecule has 1 saturated carbocycles. The normalized spacial score (nSPS) is 25.1. The molecule has 1 N–H and O–H groups in total. The predicted molar refractivity (Wildman–Crippen MR) is 81.2 cm³/mol. The van der Waals surface area contributed by atoms with Gasteiger partial charge in [-0.25, -0.2) is 4.79 Å². The number of ketones is 1. The zero-order chi connectivity index (χ0) is 14.1. The Kier molecular flexibility index (Phi) is 3.89. The number of hydrogen-bond acceptors (Lipinski definition) is 4. The third-order valence-corrected chi connectivity index (χ3v) is 6.15. The number of carbonyl (C=O) groups is 2. The molecule has 0 radical (unpaired) electrons. The van der Waals surface area contributed by atoms with Gasteiger partial charge in [0.05, 0.1) is 5.92 Å². The Labute approximate surface area is 125 Å². The van der Waals surface area contributed by atoms with Crippen molar-refractivity contribution in [2.45, 2.75) is 16.6 Å². The summed E-state index contributed by atoms with van der Waals surface area (Å²) in [7, 11) is 0. The Morgan fingerprint density at radius 2 is 2.10 bits per heavy atom. The number of carbonyl (C=O) groups excluding carboxylic acids is 1. The highest BCUT2D eigenvalue weighted by atomic mass is 32.2. The maximum absolute atomic E-state index is 11.7. The molecule has 2 atom stereocenters. The molecule has 1 aromatic carbocycles. The van der Waals surface area contributed by atoms with E-state index < -0.39 is 5.97 Å². The summed E-state index contributed by atoms with van der Waals surface area (Å²) in [6.45, 7) is 0. The van der Waals surface area contributed by atoms with E-state index in [9.17, 15) is 14.7 Å². The van der Waals surface area contributed by atoms with Crippen LogP contribution in [0.15, 0.2) is 46.4 Å². The molecule has 0 spiro atoms. The van der Waals surface area contributed by atoms with E-state index in [1.165, 1.54) is 0 Å². The van der Waals surface area contributed by atoms with Gasteiger partial charge in [0.25, 0.3) is 0 Å². The third-order valence-electron chi connectivity index (χ3n) is 3.67. The molecule has 1 aliphatic carbocycles. The summed E-state index contributed by atoms with van der Waals surface area (Å²) in [5.41, 5.74) is 1.28. The largest absolute Gasteiger partial charge is 0.478 e. The van der Waals surface area contributed by atoms with Crippen LogP contribution in [-0.2, 0) is 9.59 Å². The van der Waals surface area contributed by atoms with Gasteiger partial charge in [0.1, 0.15) is 5.78 Å². The summed E-state index contributed by atoms with van der Waals surface area (Å²) in [5, 5.41) is 9.61. The average molecular weight is 306 g/mol. The smallest absolute Gasteiger partial charge is 0.332 e. The molecular weight excluding hydrogens is 292 g/mol. The zero-order valence-electron chi connectivity index (χ0n) is 10.7. The van der Waals surface area contributed by atoms with Gasteiger partial charge >= 0.3 is 5.97 Å². The number of rotatable bonds is 4. The van der Waals surface area contributed by atoms with Crippen LogP contribution in [-0.4, -0.2) is 33.6 Å². The van der Waals surface area contributed by atoms with Crippen molar-refractivity contribution in [1.29, 1.82) is 0 Å². The fourth-order valence-electron chi connectivity index (χ4n) is 2.59. The van der Waals surface area contributed by atoms with Crippen molar-refractivity contribution in [3.8, 4) is 0 Å². The summed E-state index contributed by atoms with van der Waals surface area (Å²) in [6, 6.07) is 9.92. The molecule has 104 valence electrons. The van der Waals surface area contributed by atoms with Crippen molar-refractivity contribution < 1.29 is 14.7 Å². The Balaban J connectivity index is 1.80. The fourth-order valence-corrected chi connectivity index (χ4v) is 5.10. The molecule has 0 amide bonds. The molecule has 2 aliphatic rings. The van der Waals surface area contributed by atoms with E-state index in [4.69, 9.17) is 0 Å². The first-order chi connectivity index (χ1) is 9.66. The predicted octanol–water partition coefficient (Wildman–Crippen LogP) is 2.86. The van der Waals surface area contributed by atoms with Crippen LogP contribution in [0.1, 0.15) is 6.42 Å². The van der Waals surface area contributed by atoms with E-state index in [0.717, 1.165) is 16.2 Å². The lowest BCUT2D eigenvalue weighted by Gasteiger charge is -2.39. The second kappa shape index (κ2) is 5.66. The molecule has 3 rings (SSSR count). The van der Waals surface area contributed by atoms with E-state index in [2.05, 4.69) is 0 Å². The van der Waals surface area contributed by atoms with Gasteiger partial charge in [-0.2, -0.15) is 11.8 Å². The molecular formula is C15H14O3S2. The lowest BCUT2D eigenvalue weighted by Crippen LogP contribution is -2.46. The number of aliphatic carboxylic acids is 1. The molecule has 0 saturated heterocycles. The lowest BCUT2D eigenvalue weighted by atomic mass is 9.75. The molecule has 20 heavy (non-hydrogen) atoms. The van der Waals surface area contributed by atoms with Gasteiger partial charge in [0.15, 0.2) is 0 Å². The van der Waals surface area contributed by atoms with Crippen molar-refractivity contribution in [2.75, 3.05) is 11.5 Å². The Hall–Kier alpha value is -1.20. The summed E-state index contributed by atoms with van der Waals surface area (Å²) < 4.78 is 0. The Morgan fingerprint density at radius 1 is 1.35 bits per heavy atom. The van der Waals surface area contributed by atoms with Crippen LogP contribution in [0.2, 0.25) is 0 Å². The molecule has 1 fully saturated rings. The van der Waals surface area contributed by atoms with Crippen LogP contribution in [0.4, 0.5) is 0 Å². The van der Waals surface area contributed by atoms with E-state index in [-0.39, 0.29) is 17.0 Å². The SMILES string of the molecule is O=C(O)C1=C(CSc2ccccc2)CS[C@@H]2CC(=O)C12. The first kappa shape index (κ1) is 13.8. The minimum atomic E-state index is -0.919. The minimum Gasteiger partial charge on any atom is -0.478 e. The van der Waals surface area contributed by atoms with Crippen LogP contribution in [0.25, 0.3) is 0 Å². The number of hydrogen-bond donors (Lipinski definition) is 1. The summed E-state index contributed by atoms with van der Waals surface area (Å²) in [6.07, 6.45) is 0.533. The molecule has 1 aromatic rings. The van der Waals surface area contributed by atoms with Crippen LogP contribution >= 0.6 is 23.5 Å². The highest BCUT2D eigenvalue weighted by molar-refractivity contribution is 8.01. The minimum absolute atomic E-state index is 0.0850. The van der Waals surface area contributed by atoms with Crippen molar-refractivity contribution >= 4 is 35.3 Å². The molecule has 1 heterocycles. The van der Waals surface area contributed by atoms with E-state index in [1.54, 1.807) is 23.5 Å². The number of carboxylic acids is 1. The number of Topliss-reactive ketones (excluding diaryl/α,β-unsaturated/α-hetero) is 1. The maximum atomic E-state index is 11.7. The lowest BCUT2D eigenvalue weighted by molar-refractivity contribution is -0.137. The number of carboxylic acid groups (broad SMARTS) is 1. The van der Waals surface area contributed by atoms with Gasteiger partial charge in [-0.15, -0.1) is 11.8 Å². The maximum Gasteiger partial charge on any atom is 0.332 e. The van der Waals surface area contributed by atoms with Gasteiger partial charge in [-0.3, -0.25) is 4.79 Å². The first-order valence-corrected chi connectivity index (χ1v) is 8.47. The monoisotopic (exact) mass is 306 g/mol. The van der Waals surface area contributed by atoms with Gasteiger partial charge in [-0.1, -0.05) is 18.2 Å². The molecule has 0 bridgehead atoms. The number of benzene rings is 1. The number of fused-ring (bicyclic) bond motifs is 1. The van der Waals surface area contributed by atoms with Crippen LogP contribution in [0.3, 0.4) is 0 Å². The topological polar surface area (TPSA) is 54.4 Å². The van der Waals surface area contributed by atoms with Crippen LogP contribution in [0.5, 0.6) is 0 Å². The third kappa shape index (κ3) is 2.52. The van der Waals surface area contributed by atoms with E-state index >= 15 is 0 Å². The molecule has 0 aromatic heterocycles. The summed E-state index contributed by atoms with van der Waals surface area (Å²) in [5.74, 6) is 0.182. The summed E-state index contributed by atoms with van der Waals surface area (Å²) in [4.78, 5) is 24.3. The van der Waals surface area contributed by atoms with E-state index in [0.29, 0.717) is 17.7 Å². The second-order valence-electron chi connectivity index (χ2n) is 4.92. The van der Waals surface area contributed by atoms with Crippen molar-refractivity contribution in [3.63, 3.8) is 0 Å². The molecule has 5 heteroatoms. The first-order valence-electron chi connectivity index (χ1n) is 6.44. The standard InChI is InChI=1S/C15H14O3S2/c16-11-6-12-14(11)13(15(17)18)9(8-20-12)7-19-10-4-2-1-3-5-10/h1-5,12,14H,6-8H2,(H,17,18)/t12-,14?/m1/s1. The highest BCUT2D eigenvalue weighted by Gasteiger charge is 2.48. The van der Waals surface area contributed by atoms with Gasteiger partial charge in [0, 0.05) is 33.6 Å². The van der Waals surface area contributed by atoms with Crippen LogP contribution in [0, 0.1) is 5.92 Å². The second-order valence-corrected chi connectivity index (χ2v) is 7.20. The van der Waals surface area contributed by atoms with Crippen molar-refractivity contribution in [1.82, 2.24) is 0 Å². The highest BCUT2D eigenvalue weighted by Crippen LogP contribution is 2.46.